The molecule has 0 amide bonds. The fraction of sp³-hybridized carbons (Fsp3) is 0.250. The van der Waals surface area contributed by atoms with Crippen LogP contribution >= 0.6 is 0 Å². The van der Waals surface area contributed by atoms with Crippen LogP contribution in [0.3, 0.4) is 0 Å². The van der Waals surface area contributed by atoms with Gasteiger partial charge in [-0.05, 0) is 19.1 Å². The van der Waals surface area contributed by atoms with Crippen molar-refractivity contribution in [2.24, 2.45) is 0 Å². The van der Waals surface area contributed by atoms with Crippen LogP contribution in [0.1, 0.15) is 17.2 Å². The SMILES string of the molecule is Cc1ccc(CN(C)c2nccnc2C#N)o1. The molecule has 0 N–H and O–H groups in total. The number of nitrogens with zero attached hydrogens (tertiary/aromatic N) is 4. The predicted molar refractivity (Wildman–Crippen MR) is 62.3 cm³/mol. The largest absolute Gasteiger partial charge is 0.464 e. The third kappa shape index (κ3) is 2.42. The fourth-order valence-electron chi connectivity index (χ4n) is 1.57. The summed E-state index contributed by atoms with van der Waals surface area (Å²) in [6.07, 6.45) is 3.08. The number of nitriles is 1. The Morgan fingerprint density at radius 3 is 2.76 bits per heavy atom. The number of furan rings is 1. The highest BCUT2D eigenvalue weighted by atomic mass is 16.3. The van der Waals surface area contributed by atoms with Crippen LogP contribution in [0.25, 0.3) is 0 Å². The number of hydrogen-bond donors (Lipinski definition) is 0. The van der Waals surface area contributed by atoms with E-state index in [4.69, 9.17) is 9.68 Å². The molecular formula is C12H12N4O. The van der Waals surface area contributed by atoms with Crippen molar-refractivity contribution in [3.63, 3.8) is 0 Å². The first-order valence-electron chi connectivity index (χ1n) is 5.18. The highest BCUT2D eigenvalue weighted by Gasteiger charge is 2.11. The van der Waals surface area contributed by atoms with Gasteiger partial charge >= 0.3 is 0 Å². The summed E-state index contributed by atoms with van der Waals surface area (Å²) in [5.74, 6) is 2.26. The summed E-state index contributed by atoms with van der Waals surface area (Å²) in [5, 5.41) is 8.93. The molecule has 5 nitrogen and oxygen atoms in total. The molecule has 2 aromatic heterocycles. The molecule has 0 unspecified atom stereocenters. The third-order valence-corrected chi connectivity index (χ3v) is 2.34. The van der Waals surface area contributed by atoms with Crippen LogP contribution in [0.15, 0.2) is 28.9 Å². The van der Waals surface area contributed by atoms with Gasteiger partial charge < -0.3 is 9.32 Å². The quantitative estimate of drug-likeness (QED) is 0.802. The summed E-state index contributed by atoms with van der Waals surface area (Å²) < 4.78 is 5.48. The lowest BCUT2D eigenvalue weighted by Gasteiger charge is -2.16. The van der Waals surface area contributed by atoms with Crippen molar-refractivity contribution in [2.45, 2.75) is 13.5 Å². The van der Waals surface area contributed by atoms with Crippen LogP contribution in [-0.4, -0.2) is 17.0 Å². The molecule has 86 valence electrons. The average molecular weight is 228 g/mol. The van der Waals surface area contributed by atoms with Crippen LogP contribution in [-0.2, 0) is 6.54 Å². The monoisotopic (exact) mass is 228 g/mol. The number of hydrogen-bond acceptors (Lipinski definition) is 5. The van der Waals surface area contributed by atoms with E-state index in [0.29, 0.717) is 18.1 Å². The number of anilines is 1. The van der Waals surface area contributed by atoms with Gasteiger partial charge in [0, 0.05) is 19.4 Å². The second-order valence-corrected chi connectivity index (χ2v) is 3.71. The molecule has 0 atom stereocenters. The normalized spacial score (nSPS) is 9.94. The second-order valence-electron chi connectivity index (χ2n) is 3.71. The topological polar surface area (TPSA) is 66.0 Å². The van der Waals surface area contributed by atoms with E-state index in [1.54, 1.807) is 6.20 Å². The molecule has 2 rings (SSSR count). The molecule has 2 heterocycles. The van der Waals surface area contributed by atoms with E-state index in [9.17, 15) is 0 Å². The van der Waals surface area contributed by atoms with Gasteiger partial charge in [-0.15, -0.1) is 0 Å². The summed E-state index contributed by atoms with van der Waals surface area (Å²) in [4.78, 5) is 9.96. The minimum atomic E-state index is 0.318. The lowest BCUT2D eigenvalue weighted by molar-refractivity contribution is 0.481. The van der Waals surface area contributed by atoms with Gasteiger partial charge in [0.05, 0.1) is 6.54 Å². The van der Waals surface area contributed by atoms with Crippen molar-refractivity contribution in [3.8, 4) is 6.07 Å². The Hall–Kier alpha value is -2.35. The van der Waals surface area contributed by atoms with Gasteiger partial charge in [0.2, 0.25) is 0 Å². The second kappa shape index (κ2) is 4.66. The van der Waals surface area contributed by atoms with E-state index in [0.717, 1.165) is 11.5 Å². The van der Waals surface area contributed by atoms with E-state index in [1.807, 2.05) is 37.1 Å². The summed E-state index contributed by atoms with van der Waals surface area (Å²) in [6.45, 7) is 2.45. The van der Waals surface area contributed by atoms with Gasteiger partial charge in [-0.1, -0.05) is 0 Å². The lowest BCUT2D eigenvalue weighted by Crippen LogP contribution is -2.19. The van der Waals surface area contributed by atoms with Gasteiger partial charge in [-0.2, -0.15) is 5.26 Å². The highest BCUT2D eigenvalue weighted by Crippen LogP contribution is 2.16. The van der Waals surface area contributed by atoms with Crippen molar-refractivity contribution in [3.05, 3.63) is 41.7 Å². The van der Waals surface area contributed by atoms with Gasteiger partial charge in [0.25, 0.3) is 0 Å². The zero-order chi connectivity index (χ0) is 12.3. The van der Waals surface area contributed by atoms with Crippen LogP contribution in [0.5, 0.6) is 0 Å². The van der Waals surface area contributed by atoms with Crippen molar-refractivity contribution in [1.29, 1.82) is 5.26 Å². The first kappa shape index (κ1) is 11.1. The molecule has 0 aliphatic carbocycles. The Balaban J connectivity index is 2.20. The maximum atomic E-state index is 8.93. The standard InChI is InChI=1S/C12H12N4O/c1-9-3-4-10(17-9)8-16(2)12-11(7-13)14-5-6-15-12/h3-6H,8H2,1-2H3. The molecule has 0 saturated carbocycles. The molecule has 0 saturated heterocycles. The summed E-state index contributed by atoms with van der Waals surface area (Å²) in [7, 11) is 1.85. The number of rotatable bonds is 3. The maximum absolute atomic E-state index is 8.93. The van der Waals surface area contributed by atoms with Crippen molar-refractivity contribution in [1.82, 2.24) is 9.97 Å². The Morgan fingerprint density at radius 1 is 1.35 bits per heavy atom. The number of aromatic nitrogens is 2. The smallest absolute Gasteiger partial charge is 0.183 e. The van der Waals surface area contributed by atoms with Gasteiger partial charge in [-0.3, -0.25) is 0 Å². The van der Waals surface area contributed by atoms with Crippen LogP contribution in [0, 0.1) is 18.3 Å². The average Bonchev–Trinajstić information content (AvgIpc) is 2.74. The minimum absolute atomic E-state index is 0.318. The van der Waals surface area contributed by atoms with Crippen molar-refractivity contribution < 1.29 is 4.42 Å². The Morgan fingerprint density at radius 2 is 2.12 bits per heavy atom. The van der Waals surface area contributed by atoms with E-state index >= 15 is 0 Å². The maximum Gasteiger partial charge on any atom is 0.183 e. The van der Waals surface area contributed by atoms with E-state index in [1.165, 1.54) is 6.20 Å². The summed E-state index contributed by atoms with van der Waals surface area (Å²) >= 11 is 0. The molecule has 0 bridgehead atoms. The molecule has 0 spiro atoms. The van der Waals surface area contributed by atoms with Gasteiger partial charge in [0.1, 0.15) is 17.6 Å². The molecule has 0 fully saturated rings. The lowest BCUT2D eigenvalue weighted by atomic mass is 10.3. The summed E-state index contributed by atoms with van der Waals surface area (Å²) in [5.41, 5.74) is 0.318. The predicted octanol–water partition coefficient (Wildman–Crippen LogP) is 1.89. The molecule has 2 aromatic rings. The summed E-state index contributed by atoms with van der Waals surface area (Å²) in [6, 6.07) is 5.84. The molecule has 0 aromatic carbocycles. The van der Waals surface area contributed by atoms with E-state index in [-0.39, 0.29) is 0 Å². The molecule has 0 radical (unpaired) electrons. The Bertz CT molecular complexity index is 556. The Kier molecular flexibility index (Phi) is 3.06. The molecule has 0 aliphatic rings. The van der Waals surface area contributed by atoms with E-state index in [2.05, 4.69) is 9.97 Å². The van der Waals surface area contributed by atoms with Crippen LogP contribution in [0.4, 0.5) is 5.82 Å². The van der Waals surface area contributed by atoms with E-state index < -0.39 is 0 Å². The molecule has 17 heavy (non-hydrogen) atoms. The highest BCUT2D eigenvalue weighted by molar-refractivity contribution is 5.48. The first-order valence-corrected chi connectivity index (χ1v) is 5.18. The first-order chi connectivity index (χ1) is 8.20. The van der Waals surface area contributed by atoms with Crippen molar-refractivity contribution in [2.75, 3.05) is 11.9 Å². The minimum Gasteiger partial charge on any atom is -0.464 e. The van der Waals surface area contributed by atoms with Crippen LogP contribution in [0.2, 0.25) is 0 Å². The number of aryl methyl sites for hydroxylation is 1. The Labute approximate surface area is 99.3 Å². The zero-order valence-corrected chi connectivity index (χ0v) is 9.71. The molecule has 5 heteroatoms. The molecular weight excluding hydrogens is 216 g/mol. The van der Waals surface area contributed by atoms with Gasteiger partial charge in [-0.25, -0.2) is 9.97 Å². The van der Waals surface area contributed by atoms with Crippen molar-refractivity contribution >= 4 is 5.82 Å². The zero-order valence-electron chi connectivity index (χ0n) is 9.71. The van der Waals surface area contributed by atoms with Crippen LogP contribution < -0.4 is 4.90 Å². The molecule has 0 aliphatic heterocycles. The fourth-order valence-corrected chi connectivity index (χ4v) is 1.57. The van der Waals surface area contributed by atoms with Gasteiger partial charge in [0.15, 0.2) is 11.5 Å². The third-order valence-electron chi connectivity index (χ3n) is 2.34.